The molecule has 1 atom stereocenters. The second-order valence-electron chi connectivity index (χ2n) is 7.54. The largest absolute Gasteiger partial charge is 0.341 e. The van der Waals surface area contributed by atoms with E-state index in [0.717, 1.165) is 24.9 Å². The number of halogens is 1. The van der Waals surface area contributed by atoms with Crippen molar-refractivity contribution < 1.29 is 4.79 Å². The van der Waals surface area contributed by atoms with Gasteiger partial charge in [-0.25, -0.2) is 15.0 Å². The zero-order valence-electron chi connectivity index (χ0n) is 16.9. The van der Waals surface area contributed by atoms with E-state index >= 15 is 0 Å². The Balaban J connectivity index is 1.64. The lowest BCUT2D eigenvalue weighted by atomic mass is 9.88. The molecule has 0 bridgehead atoms. The minimum Gasteiger partial charge on any atom is -0.341 e. The molecule has 0 radical (unpaired) electrons. The van der Waals surface area contributed by atoms with Crippen LogP contribution < -0.4 is 10.5 Å². The molecule has 3 heterocycles. The molecule has 154 valence electrons. The van der Waals surface area contributed by atoms with E-state index in [4.69, 9.17) is 16.6 Å². The molecular formula is C22H22ClN5O2. The van der Waals surface area contributed by atoms with Crippen LogP contribution in [0.15, 0.2) is 47.7 Å². The third-order valence-corrected chi connectivity index (χ3v) is 5.72. The van der Waals surface area contributed by atoms with Gasteiger partial charge in [0.25, 0.3) is 5.56 Å². The Morgan fingerprint density at radius 1 is 1.20 bits per heavy atom. The Labute approximate surface area is 179 Å². The Morgan fingerprint density at radius 3 is 2.77 bits per heavy atom. The van der Waals surface area contributed by atoms with Crippen molar-refractivity contribution in [3.8, 4) is 11.4 Å². The molecule has 4 rings (SSSR count). The van der Waals surface area contributed by atoms with Gasteiger partial charge in [-0.3, -0.25) is 14.2 Å². The van der Waals surface area contributed by atoms with E-state index in [2.05, 4.69) is 9.97 Å². The lowest BCUT2D eigenvalue weighted by molar-refractivity contribution is 0.0906. The van der Waals surface area contributed by atoms with Crippen LogP contribution in [0.1, 0.15) is 28.8 Å². The van der Waals surface area contributed by atoms with E-state index in [1.807, 2.05) is 17.9 Å². The number of carbonyl (C=O) groups excluding carboxylic acids is 1. The second kappa shape index (κ2) is 8.36. The molecule has 1 fully saturated rings. The van der Waals surface area contributed by atoms with Gasteiger partial charge in [0, 0.05) is 48.9 Å². The number of aryl methyl sites for hydroxylation is 1. The Hall–Kier alpha value is -3.06. The fourth-order valence-corrected chi connectivity index (χ4v) is 4.11. The summed E-state index contributed by atoms with van der Waals surface area (Å²) in [5.74, 6) is 0.477. The van der Waals surface area contributed by atoms with Gasteiger partial charge >= 0.3 is 0 Å². The topological polar surface area (TPSA) is 81.0 Å². The van der Waals surface area contributed by atoms with Gasteiger partial charge in [0.15, 0.2) is 5.78 Å². The minimum absolute atomic E-state index is 0.103. The molecule has 3 aromatic rings. The zero-order chi connectivity index (χ0) is 21.3. The average molecular weight is 424 g/mol. The number of benzene rings is 1. The monoisotopic (exact) mass is 423 g/mol. The number of carbonyl (C=O) groups is 1. The van der Waals surface area contributed by atoms with E-state index in [9.17, 15) is 9.59 Å². The predicted octanol–water partition coefficient (Wildman–Crippen LogP) is 3.30. The molecule has 1 aromatic carbocycles. The van der Waals surface area contributed by atoms with E-state index in [-0.39, 0.29) is 17.3 Å². The number of Topliss-reactive ketones (excluding diaryl/α,β-unsaturated/α-hetero) is 1. The van der Waals surface area contributed by atoms with Gasteiger partial charge in [-0.15, -0.1) is 0 Å². The first-order valence-electron chi connectivity index (χ1n) is 9.84. The highest BCUT2D eigenvalue weighted by atomic mass is 35.5. The van der Waals surface area contributed by atoms with Gasteiger partial charge in [0.05, 0.1) is 11.4 Å². The number of nitrogens with zero attached hydrogens (tertiary/aromatic N) is 5. The Kier molecular flexibility index (Phi) is 5.63. The van der Waals surface area contributed by atoms with Crippen LogP contribution in [-0.4, -0.2) is 38.4 Å². The van der Waals surface area contributed by atoms with Gasteiger partial charge in [-0.2, -0.15) is 0 Å². The summed E-state index contributed by atoms with van der Waals surface area (Å²) in [6.07, 6.45) is 4.69. The van der Waals surface area contributed by atoms with Crippen LogP contribution in [0.25, 0.3) is 11.4 Å². The number of hydrogen-bond donors (Lipinski definition) is 0. The highest BCUT2D eigenvalue weighted by Gasteiger charge is 2.29. The number of piperidine rings is 1. The van der Waals surface area contributed by atoms with Crippen LogP contribution in [0.4, 0.5) is 5.95 Å². The smallest absolute Gasteiger partial charge is 0.255 e. The van der Waals surface area contributed by atoms with E-state index in [0.29, 0.717) is 34.5 Å². The summed E-state index contributed by atoms with van der Waals surface area (Å²) < 4.78 is 1.52. The maximum atomic E-state index is 13.2. The first-order chi connectivity index (χ1) is 14.4. The fourth-order valence-electron chi connectivity index (χ4n) is 3.88. The molecule has 0 spiro atoms. The molecule has 0 N–H and O–H groups in total. The second-order valence-corrected chi connectivity index (χ2v) is 7.98. The van der Waals surface area contributed by atoms with Crippen molar-refractivity contribution in [2.24, 2.45) is 13.0 Å². The lowest BCUT2D eigenvalue weighted by Crippen LogP contribution is -2.42. The molecule has 1 saturated heterocycles. The summed E-state index contributed by atoms with van der Waals surface area (Å²) in [6.45, 7) is 3.14. The van der Waals surface area contributed by atoms with Gasteiger partial charge in [-0.1, -0.05) is 11.6 Å². The van der Waals surface area contributed by atoms with Crippen LogP contribution in [0, 0.1) is 12.8 Å². The van der Waals surface area contributed by atoms with Crippen LogP contribution in [0.5, 0.6) is 0 Å². The van der Waals surface area contributed by atoms with Gasteiger partial charge in [-0.05, 0) is 49.6 Å². The van der Waals surface area contributed by atoms with Crippen molar-refractivity contribution in [3.05, 3.63) is 69.4 Å². The molecule has 30 heavy (non-hydrogen) atoms. The maximum Gasteiger partial charge on any atom is 0.255 e. The van der Waals surface area contributed by atoms with Crippen molar-refractivity contribution in [1.82, 2.24) is 19.5 Å². The standard InChI is InChI=1S/C22H22ClN5O2/c1-14-10-16(23)5-6-17(14)21(30)15-4-3-9-28(12-15)22-26-19(11-20(29)27(22)2)18-7-8-24-13-25-18/h5-8,10-11,13,15H,3-4,9,12H2,1-2H3. The summed E-state index contributed by atoms with van der Waals surface area (Å²) in [7, 11) is 1.70. The van der Waals surface area contributed by atoms with Crippen molar-refractivity contribution in [1.29, 1.82) is 0 Å². The third kappa shape index (κ3) is 3.98. The summed E-state index contributed by atoms with van der Waals surface area (Å²) in [4.78, 5) is 40.6. The molecule has 0 aliphatic carbocycles. The summed E-state index contributed by atoms with van der Waals surface area (Å²) in [5, 5.41) is 0.620. The van der Waals surface area contributed by atoms with E-state index in [1.165, 1.54) is 17.0 Å². The average Bonchev–Trinajstić information content (AvgIpc) is 2.76. The molecule has 7 nitrogen and oxygen atoms in total. The number of rotatable bonds is 4. The SMILES string of the molecule is Cc1cc(Cl)ccc1C(=O)C1CCCN(c2nc(-c3ccncn3)cc(=O)n2C)C1. The van der Waals surface area contributed by atoms with Crippen molar-refractivity contribution in [2.45, 2.75) is 19.8 Å². The first-order valence-corrected chi connectivity index (χ1v) is 10.2. The van der Waals surface area contributed by atoms with E-state index < -0.39 is 0 Å². The number of hydrogen-bond acceptors (Lipinski definition) is 6. The predicted molar refractivity (Wildman–Crippen MR) is 116 cm³/mol. The molecule has 2 aromatic heterocycles. The highest BCUT2D eigenvalue weighted by molar-refractivity contribution is 6.30. The Morgan fingerprint density at radius 2 is 2.03 bits per heavy atom. The van der Waals surface area contributed by atoms with E-state index in [1.54, 1.807) is 31.4 Å². The van der Waals surface area contributed by atoms with Crippen molar-refractivity contribution >= 4 is 23.3 Å². The summed E-state index contributed by atoms with van der Waals surface area (Å²) in [6, 6.07) is 8.54. The summed E-state index contributed by atoms with van der Waals surface area (Å²) >= 11 is 6.04. The zero-order valence-corrected chi connectivity index (χ0v) is 17.6. The molecule has 1 aliphatic heterocycles. The molecule has 8 heteroatoms. The highest BCUT2D eigenvalue weighted by Crippen LogP contribution is 2.27. The van der Waals surface area contributed by atoms with Crippen LogP contribution in [0.2, 0.25) is 5.02 Å². The number of ketones is 1. The van der Waals surface area contributed by atoms with Crippen LogP contribution in [-0.2, 0) is 7.05 Å². The van der Waals surface area contributed by atoms with Gasteiger partial charge in [0.2, 0.25) is 5.95 Å². The molecule has 0 saturated carbocycles. The minimum atomic E-state index is -0.171. The molecular weight excluding hydrogens is 402 g/mol. The van der Waals surface area contributed by atoms with Crippen LogP contribution >= 0.6 is 11.6 Å². The third-order valence-electron chi connectivity index (χ3n) is 5.48. The molecule has 0 amide bonds. The normalized spacial score (nSPS) is 16.5. The first kappa shape index (κ1) is 20.2. The summed E-state index contributed by atoms with van der Waals surface area (Å²) in [5.41, 5.74) is 2.49. The van der Waals surface area contributed by atoms with Gasteiger partial charge < -0.3 is 4.90 Å². The number of anilines is 1. The van der Waals surface area contributed by atoms with Gasteiger partial charge in [0.1, 0.15) is 6.33 Å². The lowest BCUT2D eigenvalue weighted by Gasteiger charge is -2.33. The van der Waals surface area contributed by atoms with Crippen molar-refractivity contribution in [3.63, 3.8) is 0 Å². The fraction of sp³-hybridized carbons (Fsp3) is 0.318. The Bertz CT molecular complexity index is 1150. The molecule has 1 aliphatic rings. The molecule has 1 unspecified atom stereocenters. The van der Waals surface area contributed by atoms with Crippen molar-refractivity contribution in [2.75, 3.05) is 18.0 Å². The maximum absolute atomic E-state index is 13.2. The number of aromatic nitrogens is 4. The van der Waals surface area contributed by atoms with Crippen LogP contribution in [0.3, 0.4) is 0 Å². The quantitative estimate of drug-likeness (QED) is 0.599.